The van der Waals surface area contributed by atoms with Gasteiger partial charge in [-0.3, -0.25) is 14.0 Å². The van der Waals surface area contributed by atoms with Crippen LogP contribution >= 0.6 is 0 Å². The third-order valence-electron chi connectivity index (χ3n) is 5.01. The van der Waals surface area contributed by atoms with Gasteiger partial charge < -0.3 is 14.6 Å². The Morgan fingerprint density at radius 1 is 1.29 bits per heavy atom. The lowest BCUT2D eigenvalue weighted by molar-refractivity contribution is -0.136. The van der Waals surface area contributed by atoms with Gasteiger partial charge >= 0.3 is 0 Å². The number of fused-ring (bicyclic) bond motifs is 1. The highest BCUT2D eigenvalue weighted by Crippen LogP contribution is 2.22. The Labute approximate surface area is 162 Å². The van der Waals surface area contributed by atoms with Crippen molar-refractivity contribution < 1.29 is 14.0 Å². The molecule has 4 heterocycles. The van der Waals surface area contributed by atoms with Gasteiger partial charge in [0.2, 0.25) is 11.8 Å². The van der Waals surface area contributed by atoms with Crippen LogP contribution in [0.2, 0.25) is 0 Å². The van der Waals surface area contributed by atoms with E-state index in [1.807, 2.05) is 47.9 Å². The van der Waals surface area contributed by atoms with Crippen molar-refractivity contribution in [3.8, 4) is 0 Å². The van der Waals surface area contributed by atoms with Crippen molar-refractivity contribution >= 4 is 17.5 Å². The van der Waals surface area contributed by atoms with Crippen LogP contribution < -0.4 is 5.32 Å². The maximum absolute atomic E-state index is 12.6. The Morgan fingerprint density at radius 2 is 2.18 bits per heavy atom. The van der Waals surface area contributed by atoms with Crippen molar-refractivity contribution in [2.75, 3.05) is 6.54 Å². The van der Waals surface area contributed by atoms with Crippen LogP contribution in [0.5, 0.6) is 0 Å². The molecule has 1 aliphatic rings. The van der Waals surface area contributed by atoms with Crippen LogP contribution in [0.4, 0.5) is 0 Å². The summed E-state index contributed by atoms with van der Waals surface area (Å²) in [5.74, 6) is 2.24. The molecule has 0 aromatic carbocycles. The van der Waals surface area contributed by atoms with Crippen molar-refractivity contribution in [3.63, 3.8) is 0 Å². The van der Waals surface area contributed by atoms with Gasteiger partial charge in [-0.05, 0) is 44.0 Å². The Kier molecular flexibility index (Phi) is 5.10. The Bertz CT molecular complexity index is 993. The summed E-state index contributed by atoms with van der Waals surface area (Å²) in [7, 11) is 0. The van der Waals surface area contributed by atoms with Crippen molar-refractivity contribution in [2.24, 2.45) is 0 Å². The molecule has 0 spiro atoms. The number of rotatable bonds is 7. The summed E-state index contributed by atoms with van der Waals surface area (Å²) in [6, 6.07) is 9.04. The van der Waals surface area contributed by atoms with Crippen LogP contribution in [0.1, 0.15) is 36.6 Å². The third-order valence-corrected chi connectivity index (χ3v) is 5.01. The number of aromatic nitrogens is 3. The first kappa shape index (κ1) is 18.2. The summed E-state index contributed by atoms with van der Waals surface area (Å²) in [6.45, 7) is 2.72. The number of nitrogens with zero attached hydrogens (tertiary/aromatic N) is 4. The van der Waals surface area contributed by atoms with Gasteiger partial charge in [-0.25, -0.2) is 0 Å². The van der Waals surface area contributed by atoms with Crippen molar-refractivity contribution in [2.45, 2.75) is 45.2 Å². The molecule has 28 heavy (non-hydrogen) atoms. The maximum Gasteiger partial charge on any atom is 0.242 e. The van der Waals surface area contributed by atoms with Gasteiger partial charge in [0.25, 0.3) is 0 Å². The van der Waals surface area contributed by atoms with Crippen LogP contribution in [0.15, 0.2) is 40.9 Å². The van der Waals surface area contributed by atoms with E-state index < -0.39 is 6.04 Å². The molecule has 3 aromatic heterocycles. The Balaban J connectivity index is 1.29. The van der Waals surface area contributed by atoms with Crippen LogP contribution in [0, 0.1) is 6.92 Å². The van der Waals surface area contributed by atoms with E-state index in [0.717, 1.165) is 23.7 Å². The molecule has 0 radical (unpaired) electrons. The summed E-state index contributed by atoms with van der Waals surface area (Å²) >= 11 is 0. The van der Waals surface area contributed by atoms with E-state index in [1.54, 1.807) is 4.90 Å². The molecule has 2 amide bonds. The number of carbonyl (C=O) groups is 2. The molecule has 8 heteroatoms. The summed E-state index contributed by atoms with van der Waals surface area (Å²) in [6.07, 6.45) is 4.33. The predicted octanol–water partition coefficient (Wildman–Crippen LogP) is 1.87. The summed E-state index contributed by atoms with van der Waals surface area (Å²) in [5.41, 5.74) is 0.815. The first-order valence-electron chi connectivity index (χ1n) is 9.53. The molecule has 0 saturated carbocycles. The van der Waals surface area contributed by atoms with E-state index in [2.05, 4.69) is 15.5 Å². The largest absolute Gasteiger partial charge is 0.464 e. The number of aryl methyl sites for hydroxylation is 2. The molecule has 1 atom stereocenters. The van der Waals surface area contributed by atoms with Gasteiger partial charge in [-0.15, -0.1) is 10.2 Å². The lowest BCUT2D eigenvalue weighted by atomic mass is 10.2. The van der Waals surface area contributed by atoms with E-state index in [0.29, 0.717) is 38.1 Å². The average Bonchev–Trinajstić information content (AvgIpc) is 3.39. The zero-order valence-corrected chi connectivity index (χ0v) is 15.8. The fourth-order valence-electron chi connectivity index (χ4n) is 3.58. The number of pyridine rings is 1. The molecule has 3 aromatic rings. The molecule has 8 nitrogen and oxygen atoms in total. The van der Waals surface area contributed by atoms with Crippen molar-refractivity contribution in [1.82, 2.24) is 24.8 Å². The second kappa shape index (κ2) is 7.84. The normalized spacial score (nSPS) is 16.8. The highest BCUT2D eigenvalue weighted by Gasteiger charge is 2.36. The lowest BCUT2D eigenvalue weighted by Gasteiger charge is -2.23. The molecular weight excluding hydrogens is 358 g/mol. The second-order valence-electron chi connectivity index (χ2n) is 7.03. The minimum absolute atomic E-state index is 0.0101. The number of hydrogen-bond acceptors (Lipinski definition) is 5. The molecule has 1 fully saturated rings. The number of carbonyl (C=O) groups excluding carboxylic acids is 2. The van der Waals surface area contributed by atoms with Gasteiger partial charge in [0.1, 0.15) is 23.4 Å². The Morgan fingerprint density at radius 3 is 3.00 bits per heavy atom. The molecule has 0 bridgehead atoms. The minimum atomic E-state index is -0.438. The fraction of sp³-hybridized carbons (Fsp3) is 0.400. The summed E-state index contributed by atoms with van der Waals surface area (Å²) in [4.78, 5) is 26.4. The van der Waals surface area contributed by atoms with Crippen LogP contribution in [0.25, 0.3) is 5.65 Å². The van der Waals surface area contributed by atoms with Crippen molar-refractivity contribution in [1.29, 1.82) is 0 Å². The smallest absolute Gasteiger partial charge is 0.242 e. The van der Waals surface area contributed by atoms with E-state index in [9.17, 15) is 9.59 Å². The summed E-state index contributed by atoms with van der Waals surface area (Å²) in [5, 5.41) is 11.3. The highest BCUT2D eigenvalue weighted by molar-refractivity contribution is 5.90. The number of likely N-dealkylation sites (tertiary alicyclic amines) is 1. The zero-order chi connectivity index (χ0) is 19.5. The van der Waals surface area contributed by atoms with Gasteiger partial charge in [-0.2, -0.15) is 0 Å². The third kappa shape index (κ3) is 3.76. The molecular formula is C20H23N5O3. The number of nitrogens with one attached hydrogen (secondary N) is 1. The van der Waals surface area contributed by atoms with E-state index in [1.165, 1.54) is 0 Å². The first-order chi connectivity index (χ1) is 13.6. The molecule has 1 aliphatic heterocycles. The standard InChI is InChI=1S/C20H23N5O3/c1-14-7-8-15(28-14)13-25-16(9-10-19(25)26)20(27)21-11-4-6-18-23-22-17-5-2-3-12-24(17)18/h2-3,5,7-8,12,16H,4,6,9-11,13H2,1H3,(H,21,27). The molecule has 4 rings (SSSR count). The van der Waals surface area contributed by atoms with E-state index in [-0.39, 0.29) is 11.8 Å². The Hall–Kier alpha value is -3.16. The lowest BCUT2D eigenvalue weighted by Crippen LogP contribution is -2.44. The van der Waals surface area contributed by atoms with Crippen LogP contribution in [-0.4, -0.2) is 43.9 Å². The van der Waals surface area contributed by atoms with Gasteiger partial charge in [0, 0.05) is 25.6 Å². The molecule has 1 unspecified atom stereocenters. The number of amides is 2. The van der Waals surface area contributed by atoms with Crippen molar-refractivity contribution in [3.05, 3.63) is 53.9 Å². The highest BCUT2D eigenvalue weighted by atomic mass is 16.3. The monoisotopic (exact) mass is 381 g/mol. The first-order valence-corrected chi connectivity index (χ1v) is 9.53. The van der Waals surface area contributed by atoms with Crippen LogP contribution in [0.3, 0.4) is 0 Å². The SMILES string of the molecule is Cc1ccc(CN2C(=O)CCC2C(=O)NCCCc2nnc3ccccn23)o1. The second-order valence-corrected chi connectivity index (χ2v) is 7.03. The predicted molar refractivity (Wildman–Crippen MR) is 101 cm³/mol. The minimum Gasteiger partial charge on any atom is -0.464 e. The van der Waals surface area contributed by atoms with E-state index >= 15 is 0 Å². The van der Waals surface area contributed by atoms with E-state index in [4.69, 9.17) is 4.42 Å². The molecule has 1 N–H and O–H groups in total. The van der Waals surface area contributed by atoms with Gasteiger partial charge in [0.05, 0.1) is 6.54 Å². The van der Waals surface area contributed by atoms with Gasteiger partial charge in [-0.1, -0.05) is 6.07 Å². The fourth-order valence-corrected chi connectivity index (χ4v) is 3.58. The van der Waals surface area contributed by atoms with Gasteiger partial charge in [0.15, 0.2) is 5.65 Å². The quantitative estimate of drug-likeness (QED) is 0.631. The van der Waals surface area contributed by atoms with Crippen LogP contribution in [-0.2, 0) is 22.6 Å². The number of hydrogen-bond donors (Lipinski definition) is 1. The molecule has 0 aliphatic carbocycles. The zero-order valence-electron chi connectivity index (χ0n) is 15.8. The number of furan rings is 1. The average molecular weight is 381 g/mol. The maximum atomic E-state index is 12.6. The molecule has 1 saturated heterocycles. The topological polar surface area (TPSA) is 92.7 Å². The molecule has 146 valence electrons. The summed E-state index contributed by atoms with van der Waals surface area (Å²) < 4.78 is 7.51.